The van der Waals surface area contributed by atoms with Crippen LogP contribution in [0.3, 0.4) is 0 Å². The normalized spacial score (nSPS) is 18.2. The minimum Gasteiger partial charge on any atom is -0.388 e. The number of hydrogen-bond acceptors (Lipinski definition) is 4. The van der Waals surface area contributed by atoms with Gasteiger partial charge in [-0.1, -0.05) is 0 Å². The molecule has 0 radical (unpaired) electrons. The first-order chi connectivity index (χ1) is 8.09. The molecule has 17 heavy (non-hydrogen) atoms. The second-order valence-corrected chi connectivity index (χ2v) is 4.78. The highest BCUT2D eigenvalue weighted by atomic mass is 16.3. The van der Waals surface area contributed by atoms with Crippen molar-refractivity contribution in [3.63, 3.8) is 0 Å². The van der Waals surface area contributed by atoms with Crippen LogP contribution < -0.4 is 5.56 Å². The van der Waals surface area contributed by atoms with Gasteiger partial charge in [0.05, 0.1) is 18.5 Å². The molecule has 0 saturated heterocycles. The van der Waals surface area contributed by atoms with E-state index in [4.69, 9.17) is 0 Å². The molecule has 0 spiro atoms. The molecule has 0 bridgehead atoms. The highest BCUT2D eigenvalue weighted by Gasteiger charge is 2.35. The van der Waals surface area contributed by atoms with Crippen LogP contribution in [0, 0.1) is 0 Å². The molecule has 0 amide bonds. The average Bonchev–Trinajstić information content (AvgIpc) is 2.63. The van der Waals surface area contributed by atoms with E-state index in [1.54, 1.807) is 17.9 Å². The molecule has 1 N–H and O–H groups in total. The Morgan fingerprint density at radius 3 is 2.82 bits per heavy atom. The summed E-state index contributed by atoms with van der Waals surface area (Å²) >= 11 is 0. The van der Waals surface area contributed by atoms with Crippen LogP contribution in [0.25, 0.3) is 11.2 Å². The van der Waals surface area contributed by atoms with Gasteiger partial charge in [0, 0.05) is 7.05 Å². The van der Waals surface area contributed by atoms with E-state index in [1.807, 2.05) is 0 Å². The van der Waals surface area contributed by atoms with Crippen LogP contribution in [0.15, 0.2) is 17.4 Å². The predicted molar refractivity (Wildman–Crippen MR) is 61.6 cm³/mol. The summed E-state index contributed by atoms with van der Waals surface area (Å²) in [6, 6.07) is 0. The van der Waals surface area contributed by atoms with E-state index in [0.717, 1.165) is 19.3 Å². The molecule has 1 saturated carbocycles. The predicted octanol–water partition coefficient (Wildman–Crippen LogP) is 0.0450. The van der Waals surface area contributed by atoms with Gasteiger partial charge in [0.15, 0.2) is 11.2 Å². The number of aliphatic hydroxyl groups is 1. The van der Waals surface area contributed by atoms with Crippen molar-refractivity contribution in [2.24, 2.45) is 7.05 Å². The van der Waals surface area contributed by atoms with Gasteiger partial charge < -0.3 is 9.67 Å². The van der Waals surface area contributed by atoms with Gasteiger partial charge in [-0.25, -0.2) is 9.97 Å². The molecule has 6 nitrogen and oxygen atoms in total. The number of hydrogen-bond donors (Lipinski definition) is 1. The molecule has 1 aliphatic carbocycles. The number of imidazole rings is 1. The first-order valence-corrected chi connectivity index (χ1v) is 5.68. The van der Waals surface area contributed by atoms with Crippen molar-refractivity contribution in [2.45, 2.75) is 31.4 Å². The van der Waals surface area contributed by atoms with Crippen LogP contribution in [0.2, 0.25) is 0 Å². The highest BCUT2D eigenvalue weighted by Crippen LogP contribution is 2.32. The summed E-state index contributed by atoms with van der Waals surface area (Å²) in [5.74, 6) is 0. The Morgan fingerprint density at radius 1 is 1.41 bits per heavy atom. The third-order valence-corrected chi connectivity index (χ3v) is 3.44. The second kappa shape index (κ2) is 3.40. The monoisotopic (exact) mass is 234 g/mol. The minimum absolute atomic E-state index is 0.184. The lowest BCUT2D eigenvalue weighted by molar-refractivity contribution is -0.0481. The minimum atomic E-state index is -0.728. The molecular weight excluding hydrogens is 220 g/mol. The van der Waals surface area contributed by atoms with E-state index in [0.29, 0.717) is 17.7 Å². The van der Waals surface area contributed by atoms with Gasteiger partial charge in [-0.2, -0.15) is 0 Å². The van der Waals surface area contributed by atoms with Crippen molar-refractivity contribution >= 4 is 11.2 Å². The van der Waals surface area contributed by atoms with Crippen LogP contribution in [0.4, 0.5) is 0 Å². The van der Waals surface area contributed by atoms with Crippen molar-refractivity contribution in [1.82, 2.24) is 19.1 Å². The summed E-state index contributed by atoms with van der Waals surface area (Å²) in [6.07, 6.45) is 5.58. The van der Waals surface area contributed by atoms with Gasteiger partial charge in [0.1, 0.15) is 6.33 Å². The molecule has 90 valence electrons. The Hall–Kier alpha value is -1.69. The maximum absolute atomic E-state index is 12.1. The molecule has 6 heteroatoms. The zero-order chi connectivity index (χ0) is 12.0. The van der Waals surface area contributed by atoms with Gasteiger partial charge in [-0.05, 0) is 19.3 Å². The molecule has 0 aromatic carbocycles. The number of rotatable bonds is 2. The fourth-order valence-electron chi connectivity index (χ4n) is 2.21. The number of nitrogens with zero attached hydrogens (tertiary/aromatic N) is 4. The van der Waals surface area contributed by atoms with Gasteiger partial charge in [0.2, 0.25) is 0 Å². The quantitative estimate of drug-likeness (QED) is 0.796. The van der Waals surface area contributed by atoms with Gasteiger partial charge in [-0.15, -0.1) is 0 Å². The van der Waals surface area contributed by atoms with E-state index in [9.17, 15) is 9.90 Å². The van der Waals surface area contributed by atoms with E-state index in [2.05, 4.69) is 9.97 Å². The Balaban J connectivity index is 2.06. The number of aryl methyl sites for hydroxylation is 1. The molecule has 0 unspecified atom stereocenters. The standard InChI is InChI=1S/C11H14N4O2/c1-14-6-12-8-9(14)13-7-15(10(8)16)5-11(17)3-2-4-11/h6-7,17H,2-5H2,1H3. The molecule has 0 atom stereocenters. The maximum Gasteiger partial charge on any atom is 0.281 e. The topological polar surface area (TPSA) is 72.9 Å². The third kappa shape index (κ3) is 1.56. The van der Waals surface area contributed by atoms with E-state index >= 15 is 0 Å². The van der Waals surface area contributed by atoms with Crippen LogP contribution in [0.5, 0.6) is 0 Å². The lowest BCUT2D eigenvalue weighted by atomic mass is 9.80. The first kappa shape index (κ1) is 10.5. The molecule has 3 rings (SSSR count). The van der Waals surface area contributed by atoms with Gasteiger partial charge >= 0.3 is 0 Å². The summed E-state index contributed by atoms with van der Waals surface area (Å²) in [5.41, 5.74) is 0.0224. The largest absolute Gasteiger partial charge is 0.388 e. The lowest BCUT2D eigenvalue weighted by Gasteiger charge is -2.36. The summed E-state index contributed by atoms with van der Waals surface area (Å²) in [5, 5.41) is 10.1. The first-order valence-electron chi connectivity index (χ1n) is 5.68. The maximum atomic E-state index is 12.1. The van der Waals surface area contributed by atoms with Crippen LogP contribution >= 0.6 is 0 Å². The smallest absolute Gasteiger partial charge is 0.281 e. The Labute approximate surface area is 97.5 Å². The second-order valence-electron chi connectivity index (χ2n) is 4.78. The van der Waals surface area contributed by atoms with Crippen molar-refractivity contribution in [3.8, 4) is 0 Å². The molecule has 1 aliphatic rings. The van der Waals surface area contributed by atoms with Crippen molar-refractivity contribution in [1.29, 1.82) is 0 Å². The van der Waals surface area contributed by atoms with Crippen LogP contribution in [0.1, 0.15) is 19.3 Å². The molecular formula is C11H14N4O2. The van der Waals surface area contributed by atoms with Crippen molar-refractivity contribution in [3.05, 3.63) is 23.0 Å². The summed E-state index contributed by atoms with van der Waals surface area (Å²) < 4.78 is 3.16. The number of fused-ring (bicyclic) bond motifs is 1. The SMILES string of the molecule is Cn1cnc2c(=O)n(CC3(O)CCC3)cnc21. The Morgan fingerprint density at radius 2 is 2.18 bits per heavy atom. The summed E-state index contributed by atoms with van der Waals surface area (Å²) in [4.78, 5) is 20.3. The van der Waals surface area contributed by atoms with Crippen molar-refractivity contribution < 1.29 is 5.11 Å². The summed E-state index contributed by atoms with van der Waals surface area (Å²) in [6.45, 7) is 0.311. The molecule has 2 heterocycles. The lowest BCUT2D eigenvalue weighted by Crippen LogP contribution is -2.43. The Kier molecular flexibility index (Phi) is 2.09. The fourth-order valence-corrected chi connectivity index (χ4v) is 2.21. The zero-order valence-electron chi connectivity index (χ0n) is 9.63. The fraction of sp³-hybridized carbons (Fsp3) is 0.545. The molecule has 0 aliphatic heterocycles. The van der Waals surface area contributed by atoms with Crippen LogP contribution in [-0.2, 0) is 13.6 Å². The molecule has 2 aromatic rings. The third-order valence-electron chi connectivity index (χ3n) is 3.44. The average molecular weight is 234 g/mol. The number of aromatic nitrogens is 4. The zero-order valence-corrected chi connectivity index (χ0v) is 9.63. The van der Waals surface area contributed by atoms with Gasteiger partial charge in [-0.3, -0.25) is 9.36 Å². The molecule has 2 aromatic heterocycles. The van der Waals surface area contributed by atoms with E-state index < -0.39 is 5.60 Å². The summed E-state index contributed by atoms with van der Waals surface area (Å²) in [7, 11) is 1.80. The van der Waals surface area contributed by atoms with E-state index in [-0.39, 0.29) is 5.56 Å². The highest BCUT2D eigenvalue weighted by molar-refractivity contribution is 5.68. The van der Waals surface area contributed by atoms with E-state index in [1.165, 1.54) is 10.9 Å². The Bertz CT molecular complexity index is 624. The molecule has 1 fully saturated rings. The van der Waals surface area contributed by atoms with Crippen LogP contribution in [-0.4, -0.2) is 29.8 Å². The van der Waals surface area contributed by atoms with Crippen molar-refractivity contribution in [2.75, 3.05) is 0 Å². The van der Waals surface area contributed by atoms with Gasteiger partial charge in [0.25, 0.3) is 5.56 Å².